The van der Waals surface area contributed by atoms with Crippen LogP contribution in [0.1, 0.15) is 29.2 Å². The molecule has 20 heavy (non-hydrogen) atoms. The third-order valence-electron chi connectivity index (χ3n) is 3.80. The number of carbonyl (C=O) groups excluding carboxylic acids is 1. The van der Waals surface area contributed by atoms with Gasteiger partial charge in [0, 0.05) is 26.2 Å². The number of hydrogen-bond acceptors (Lipinski definition) is 6. The van der Waals surface area contributed by atoms with Gasteiger partial charge in [0.1, 0.15) is 5.76 Å². The van der Waals surface area contributed by atoms with Crippen molar-refractivity contribution in [3.63, 3.8) is 0 Å². The van der Waals surface area contributed by atoms with Crippen molar-refractivity contribution in [3.8, 4) is 0 Å². The fourth-order valence-electron chi connectivity index (χ4n) is 2.60. The second kappa shape index (κ2) is 6.88. The highest BCUT2D eigenvalue weighted by molar-refractivity contribution is 5.86. The first-order valence-electron chi connectivity index (χ1n) is 6.81. The molecular formula is C14H22N2O4. The summed E-state index contributed by atoms with van der Waals surface area (Å²) >= 11 is 0. The van der Waals surface area contributed by atoms with Gasteiger partial charge in [0.15, 0.2) is 0 Å². The summed E-state index contributed by atoms with van der Waals surface area (Å²) in [6, 6.07) is 3.73. The third kappa shape index (κ3) is 3.39. The molecule has 0 amide bonds. The molecule has 1 aliphatic rings. The van der Waals surface area contributed by atoms with Crippen LogP contribution in [0.15, 0.2) is 16.5 Å². The summed E-state index contributed by atoms with van der Waals surface area (Å²) in [5.74, 6) is 0.531. The van der Waals surface area contributed by atoms with Crippen molar-refractivity contribution in [2.75, 3.05) is 27.3 Å². The van der Waals surface area contributed by atoms with E-state index in [1.807, 2.05) is 6.07 Å². The van der Waals surface area contributed by atoms with Crippen molar-refractivity contribution in [2.45, 2.75) is 31.5 Å². The predicted molar refractivity (Wildman–Crippen MR) is 73.3 cm³/mol. The number of furan rings is 1. The van der Waals surface area contributed by atoms with E-state index in [2.05, 4.69) is 9.64 Å². The maximum absolute atomic E-state index is 11.4. The molecule has 0 aromatic carbocycles. The van der Waals surface area contributed by atoms with Crippen molar-refractivity contribution >= 4 is 5.97 Å². The molecule has 0 aliphatic carbocycles. The van der Waals surface area contributed by atoms with E-state index in [-0.39, 0.29) is 17.9 Å². The molecule has 2 atom stereocenters. The van der Waals surface area contributed by atoms with Gasteiger partial charge in [-0.1, -0.05) is 0 Å². The lowest BCUT2D eigenvalue weighted by atomic mass is 9.99. The molecule has 0 saturated carbocycles. The number of esters is 1. The fourth-order valence-corrected chi connectivity index (χ4v) is 2.60. The smallest absolute Gasteiger partial charge is 0.373 e. The Labute approximate surface area is 118 Å². The molecule has 2 rings (SSSR count). The van der Waals surface area contributed by atoms with Gasteiger partial charge in [-0.3, -0.25) is 4.90 Å². The summed E-state index contributed by atoms with van der Waals surface area (Å²) in [7, 11) is 3.08. The number of nitrogens with two attached hydrogens (primary N) is 1. The third-order valence-corrected chi connectivity index (χ3v) is 3.80. The van der Waals surface area contributed by atoms with E-state index < -0.39 is 5.97 Å². The number of likely N-dealkylation sites (tertiary alicyclic amines) is 1. The number of ether oxygens (including phenoxy) is 2. The van der Waals surface area contributed by atoms with Gasteiger partial charge in [-0.05, 0) is 25.0 Å². The van der Waals surface area contributed by atoms with Crippen LogP contribution >= 0.6 is 0 Å². The van der Waals surface area contributed by atoms with E-state index in [4.69, 9.17) is 14.9 Å². The average Bonchev–Trinajstić information content (AvgIpc) is 2.95. The van der Waals surface area contributed by atoms with E-state index in [1.165, 1.54) is 7.11 Å². The summed E-state index contributed by atoms with van der Waals surface area (Å²) in [4.78, 5) is 13.6. The van der Waals surface area contributed by atoms with Gasteiger partial charge in [0.2, 0.25) is 5.76 Å². The minimum atomic E-state index is -0.454. The standard InChI is InChI=1S/C14H22N2O4/c1-18-11-5-6-16(10(7-11)8-15)9-12-3-4-13(20-12)14(17)19-2/h3-4,10-11H,5-9,15H2,1-2H3. The van der Waals surface area contributed by atoms with Gasteiger partial charge in [-0.15, -0.1) is 0 Å². The quantitative estimate of drug-likeness (QED) is 0.812. The first-order valence-corrected chi connectivity index (χ1v) is 6.81. The minimum absolute atomic E-state index is 0.235. The molecular weight excluding hydrogens is 260 g/mol. The topological polar surface area (TPSA) is 77.9 Å². The summed E-state index contributed by atoms with van der Waals surface area (Å²) in [6.45, 7) is 2.15. The first-order chi connectivity index (χ1) is 9.67. The largest absolute Gasteiger partial charge is 0.463 e. The minimum Gasteiger partial charge on any atom is -0.463 e. The van der Waals surface area contributed by atoms with Crippen LogP contribution in [0.4, 0.5) is 0 Å². The van der Waals surface area contributed by atoms with Crippen LogP contribution in [-0.2, 0) is 16.0 Å². The molecule has 1 aromatic heterocycles. The Kier molecular flexibility index (Phi) is 5.17. The number of hydrogen-bond donors (Lipinski definition) is 1. The molecule has 2 heterocycles. The van der Waals surface area contributed by atoms with Crippen LogP contribution in [0.3, 0.4) is 0 Å². The van der Waals surface area contributed by atoms with E-state index in [9.17, 15) is 4.79 Å². The molecule has 2 N–H and O–H groups in total. The Morgan fingerprint density at radius 2 is 2.30 bits per heavy atom. The normalized spacial score (nSPS) is 23.8. The Balaban J connectivity index is 1.98. The van der Waals surface area contributed by atoms with Gasteiger partial charge in [0.25, 0.3) is 0 Å². The molecule has 112 valence electrons. The zero-order valence-corrected chi connectivity index (χ0v) is 12.0. The van der Waals surface area contributed by atoms with Crippen LogP contribution in [0.25, 0.3) is 0 Å². The maximum atomic E-state index is 11.4. The molecule has 1 aliphatic heterocycles. The Morgan fingerprint density at radius 1 is 1.50 bits per heavy atom. The number of methoxy groups -OCH3 is 2. The lowest BCUT2D eigenvalue weighted by Crippen LogP contribution is -2.47. The van der Waals surface area contributed by atoms with Gasteiger partial charge in [-0.25, -0.2) is 4.79 Å². The van der Waals surface area contributed by atoms with E-state index in [0.29, 0.717) is 13.1 Å². The van der Waals surface area contributed by atoms with Crippen molar-refractivity contribution in [1.29, 1.82) is 0 Å². The van der Waals surface area contributed by atoms with E-state index in [1.54, 1.807) is 13.2 Å². The molecule has 2 unspecified atom stereocenters. The second-order valence-electron chi connectivity index (χ2n) is 5.00. The Morgan fingerprint density at radius 3 is 2.95 bits per heavy atom. The van der Waals surface area contributed by atoms with Crippen molar-refractivity contribution in [1.82, 2.24) is 4.90 Å². The molecule has 0 radical (unpaired) electrons. The molecule has 1 aromatic rings. The summed E-state index contributed by atoms with van der Waals surface area (Å²) in [5, 5.41) is 0. The van der Waals surface area contributed by atoms with Crippen LogP contribution < -0.4 is 5.73 Å². The van der Waals surface area contributed by atoms with Gasteiger partial charge >= 0.3 is 5.97 Å². The number of carbonyl (C=O) groups is 1. The highest BCUT2D eigenvalue weighted by Gasteiger charge is 2.28. The van der Waals surface area contributed by atoms with Crippen LogP contribution in [0.2, 0.25) is 0 Å². The van der Waals surface area contributed by atoms with Crippen LogP contribution in [0, 0.1) is 0 Å². The lowest BCUT2D eigenvalue weighted by Gasteiger charge is -2.37. The van der Waals surface area contributed by atoms with E-state index in [0.717, 1.165) is 25.1 Å². The number of nitrogens with zero attached hydrogens (tertiary/aromatic N) is 1. The zero-order valence-electron chi connectivity index (χ0n) is 12.0. The van der Waals surface area contributed by atoms with Gasteiger partial charge in [0.05, 0.1) is 19.8 Å². The number of piperidine rings is 1. The van der Waals surface area contributed by atoms with Gasteiger partial charge < -0.3 is 19.6 Å². The molecule has 0 spiro atoms. The van der Waals surface area contributed by atoms with Crippen molar-refractivity contribution in [2.24, 2.45) is 5.73 Å². The fraction of sp³-hybridized carbons (Fsp3) is 0.643. The Bertz CT molecular complexity index is 446. The molecule has 1 saturated heterocycles. The SMILES string of the molecule is COC(=O)c1ccc(CN2CCC(OC)CC2CN)o1. The van der Waals surface area contributed by atoms with E-state index >= 15 is 0 Å². The summed E-state index contributed by atoms with van der Waals surface area (Å²) in [5.41, 5.74) is 5.84. The maximum Gasteiger partial charge on any atom is 0.373 e. The molecule has 0 bridgehead atoms. The highest BCUT2D eigenvalue weighted by atomic mass is 16.5. The summed E-state index contributed by atoms with van der Waals surface area (Å²) in [6.07, 6.45) is 2.19. The first kappa shape index (κ1) is 15.0. The average molecular weight is 282 g/mol. The Hall–Kier alpha value is -1.37. The van der Waals surface area contributed by atoms with Gasteiger partial charge in [-0.2, -0.15) is 0 Å². The van der Waals surface area contributed by atoms with Crippen molar-refractivity contribution in [3.05, 3.63) is 23.7 Å². The monoisotopic (exact) mass is 282 g/mol. The van der Waals surface area contributed by atoms with Crippen LogP contribution in [-0.4, -0.2) is 50.3 Å². The zero-order chi connectivity index (χ0) is 14.5. The van der Waals surface area contributed by atoms with Crippen molar-refractivity contribution < 1.29 is 18.7 Å². The lowest BCUT2D eigenvalue weighted by molar-refractivity contribution is 0.00777. The predicted octanol–water partition coefficient (Wildman–Crippen LogP) is 1.00. The molecule has 1 fully saturated rings. The molecule has 6 nitrogen and oxygen atoms in total. The van der Waals surface area contributed by atoms with Crippen LogP contribution in [0.5, 0.6) is 0 Å². The number of rotatable bonds is 5. The molecule has 6 heteroatoms. The highest BCUT2D eigenvalue weighted by Crippen LogP contribution is 2.22. The second-order valence-corrected chi connectivity index (χ2v) is 5.00. The summed E-state index contributed by atoms with van der Waals surface area (Å²) < 4.78 is 15.5.